The van der Waals surface area contributed by atoms with Crippen LogP contribution in [0.3, 0.4) is 0 Å². The van der Waals surface area contributed by atoms with Crippen molar-refractivity contribution in [2.24, 2.45) is 0 Å². The molecule has 0 atom stereocenters. The number of phenolic OH excluding ortho intramolecular Hbond substituents is 1. The van der Waals surface area contributed by atoms with E-state index in [1.165, 1.54) is 12.1 Å². The Morgan fingerprint density at radius 1 is 1.16 bits per heavy atom. The number of aryl methyl sites for hydroxylation is 1. The van der Waals surface area contributed by atoms with Crippen LogP contribution in [-0.2, 0) is 16.4 Å². The maximum Gasteiger partial charge on any atom is 0.233 e. The third-order valence-corrected chi connectivity index (χ3v) is 3.76. The Kier molecular flexibility index (Phi) is 4.01. The maximum absolute atomic E-state index is 11.9. The highest BCUT2D eigenvalue weighted by atomic mass is 32.2. The number of hydrogen-bond acceptors (Lipinski definition) is 4. The van der Waals surface area contributed by atoms with Crippen LogP contribution in [0.5, 0.6) is 5.75 Å². The molecular weight excluding hydrogens is 264 g/mol. The Balaban J connectivity index is 1.99. The fourth-order valence-corrected chi connectivity index (χ4v) is 2.65. The van der Waals surface area contributed by atoms with Gasteiger partial charge in [0, 0.05) is 24.4 Å². The lowest BCUT2D eigenvalue weighted by Crippen LogP contribution is -2.18. The molecule has 0 amide bonds. The first kappa shape index (κ1) is 13.4. The molecule has 2 rings (SSSR count). The molecule has 0 aliphatic rings. The molecule has 19 heavy (non-hydrogen) atoms. The molecule has 1 aromatic heterocycles. The average molecular weight is 278 g/mol. The van der Waals surface area contributed by atoms with Gasteiger partial charge in [-0.15, -0.1) is 0 Å². The third-order valence-electron chi connectivity index (χ3n) is 2.47. The molecule has 0 fully saturated rings. The molecule has 0 spiro atoms. The van der Waals surface area contributed by atoms with Gasteiger partial charge in [-0.05, 0) is 24.3 Å². The van der Waals surface area contributed by atoms with Crippen LogP contribution in [-0.4, -0.2) is 24.3 Å². The largest absolute Gasteiger partial charge is 0.508 e. The average Bonchev–Trinajstić information content (AvgIpc) is 2.37. The lowest BCUT2D eigenvalue weighted by Gasteiger charge is -2.07. The molecule has 2 aromatic rings. The Labute approximate surface area is 112 Å². The van der Waals surface area contributed by atoms with E-state index in [1.54, 1.807) is 30.5 Å². The molecule has 0 aliphatic heterocycles. The summed E-state index contributed by atoms with van der Waals surface area (Å²) in [6.45, 7) is 0. The number of benzene rings is 1. The van der Waals surface area contributed by atoms with Gasteiger partial charge in [0.05, 0.1) is 11.4 Å². The van der Waals surface area contributed by atoms with Crippen molar-refractivity contribution < 1.29 is 13.5 Å². The maximum atomic E-state index is 11.9. The van der Waals surface area contributed by atoms with Gasteiger partial charge in [-0.3, -0.25) is 9.71 Å². The van der Waals surface area contributed by atoms with Gasteiger partial charge in [0.2, 0.25) is 10.0 Å². The first-order valence-electron chi connectivity index (χ1n) is 5.75. The molecule has 2 N–H and O–H groups in total. The summed E-state index contributed by atoms with van der Waals surface area (Å²) in [7, 11) is -3.45. The first-order chi connectivity index (χ1) is 9.05. The lowest BCUT2D eigenvalue weighted by atomic mass is 10.3. The number of anilines is 1. The van der Waals surface area contributed by atoms with Crippen molar-refractivity contribution in [1.29, 1.82) is 0 Å². The van der Waals surface area contributed by atoms with Crippen molar-refractivity contribution in [2.75, 3.05) is 10.5 Å². The van der Waals surface area contributed by atoms with Crippen LogP contribution in [0.15, 0.2) is 48.7 Å². The Bertz CT molecular complexity index is 642. The fourth-order valence-electron chi connectivity index (χ4n) is 1.58. The normalized spacial score (nSPS) is 11.2. The molecule has 5 nitrogen and oxygen atoms in total. The van der Waals surface area contributed by atoms with Crippen LogP contribution >= 0.6 is 0 Å². The van der Waals surface area contributed by atoms with Crippen molar-refractivity contribution in [1.82, 2.24) is 4.98 Å². The molecule has 6 heteroatoms. The SMILES string of the molecule is O=S(=O)(CCc1ccccn1)Nc1cccc(O)c1. The van der Waals surface area contributed by atoms with Gasteiger partial charge >= 0.3 is 0 Å². The highest BCUT2D eigenvalue weighted by molar-refractivity contribution is 7.92. The van der Waals surface area contributed by atoms with E-state index in [1.807, 2.05) is 6.07 Å². The predicted molar refractivity (Wildman–Crippen MR) is 73.5 cm³/mol. The molecule has 1 aromatic carbocycles. The number of nitrogens with zero attached hydrogens (tertiary/aromatic N) is 1. The summed E-state index contributed by atoms with van der Waals surface area (Å²) in [5, 5.41) is 9.27. The van der Waals surface area contributed by atoms with Crippen LogP contribution in [0.1, 0.15) is 5.69 Å². The van der Waals surface area contributed by atoms with E-state index in [0.717, 1.165) is 5.69 Å². The third kappa shape index (κ3) is 4.26. The monoisotopic (exact) mass is 278 g/mol. The van der Waals surface area contributed by atoms with E-state index in [4.69, 9.17) is 0 Å². The number of sulfonamides is 1. The number of pyridine rings is 1. The van der Waals surface area contributed by atoms with Crippen molar-refractivity contribution in [2.45, 2.75) is 6.42 Å². The zero-order valence-corrected chi connectivity index (χ0v) is 11.0. The molecule has 100 valence electrons. The fraction of sp³-hybridized carbons (Fsp3) is 0.154. The number of aromatic nitrogens is 1. The number of aromatic hydroxyl groups is 1. The van der Waals surface area contributed by atoms with E-state index < -0.39 is 10.0 Å². The molecule has 0 aliphatic carbocycles. The van der Waals surface area contributed by atoms with E-state index in [2.05, 4.69) is 9.71 Å². The summed E-state index contributed by atoms with van der Waals surface area (Å²) in [5.41, 5.74) is 1.07. The zero-order chi connectivity index (χ0) is 13.7. The second-order valence-corrected chi connectivity index (χ2v) is 5.88. The lowest BCUT2D eigenvalue weighted by molar-refractivity contribution is 0.475. The zero-order valence-electron chi connectivity index (χ0n) is 10.2. The summed E-state index contributed by atoms with van der Waals surface area (Å²) < 4.78 is 26.1. The van der Waals surface area contributed by atoms with Gasteiger partial charge < -0.3 is 5.11 Å². The van der Waals surface area contributed by atoms with Crippen LogP contribution in [0.25, 0.3) is 0 Å². The Hall–Kier alpha value is -2.08. The molecule has 0 bridgehead atoms. The van der Waals surface area contributed by atoms with Crippen molar-refractivity contribution in [3.05, 3.63) is 54.4 Å². The van der Waals surface area contributed by atoms with Crippen LogP contribution in [0.2, 0.25) is 0 Å². The number of hydrogen-bond donors (Lipinski definition) is 2. The molecule has 0 radical (unpaired) electrons. The molecule has 1 heterocycles. The summed E-state index contributed by atoms with van der Waals surface area (Å²) in [5.74, 6) is -0.0374. The summed E-state index contributed by atoms with van der Waals surface area (Å²) in [6, 6.07) is 11.4. The molecule has 0 saturated carbocycles. The van der Waals surface area contributed by atoms with Gasteiger partial charge in [-0.2, -0.15) is 0 Å². The summed E-state index contributed by atoms with van der Waals surface area (Å²) >= 11 is 0. The molecule has 0 saturated heterocycles. The van der Waals surface area contributed by atoms with Gasteiger partial charge in [0.15, 0.2) is 0 Å². The van der Waals surface area contributed by atoms with Crippen molar-refractivity contribution >= 4 is 15.7 Å². The second-order valence-electron chi connectivity index (χ2n) is 4.04. The Morgan fingerprint density at radius 2 is 2.00 bits per heavy atom. The van der Waals surface area contributed by atoms with Gasteiger partial charge in [-0.1, -0.05) is 12.1 Å². The van der Waals surface area contributed by atoms with Crippen LogP contribution in [0.4, 0.5) is 5.69 Å². The second kappa shape index (κ2) is 5.71. The standard InChI is InChI=1S/C13H14N2O3S/c16-13-6-3-5-12(10-13)15-19(17,18)9-7-11-4-1-2-8-14-11/h1-6,8,10,15-16H,7,9H2. The van der Waals surface area contributed by atoms with Gasteiger partial charge in [0.1, 0.15) is 5.75 Å². The Morgan fingerprint density at radius 3 is 2.68 bits per heavy atom. The van der Waals surface area contributed by atoms with E-state index in [0.29, 0.717) is 12.1 Å². The predicted octanol–water partition coefficient (Wildman–Crippen LogP) is 1.77. The number of phenols is 1. The summed E-state index contributed by atoms with van der Waals surface area (Å²) in [6.07, 6.45) is 1.97. The van der Waals surface area contributed by atoms with Gasteiger partial charge in [-0.25, -0.2) is 8.42 Å². The minimum Gasteiger partial charge on any atom is -0.508 e. The smallest absolute Gasteiger partial charge is 0.233 e. The quantitative estimate of drug-likeness (QED) is 0.873. The summed E-state index contributed by atoms with van der Waals surface area (Å²) in [4.78, 5) is 4.07. The number of nitrogens with one attached hydrogen (secondary N) is 1. The number of rotatable bonds is 5. The highest BCUT2D eigenvalue weighted by Gasteiger charge is 2.11. The topological polar surface area (TPSA) is 79.3 Å². The van der Waals surface area contributed by atoms with E-state index >= 15 is 0 Å². The van der Waals surface area contributed by atoms with Crippen LogP contribution in [0, 0.1) is 0 Å². The molecular formula is C13H14N2O3S. The van der Waals surface area contributed by atoms with Crippen LogP contribution < -0.4 is 4.72 Å². The minimum absolute atomic E-state index is 0.0185. The molecule has 0 unspecified atom stereocenters. The van der Waals surface area contributed by atoms with E-state index in [9.17, 15) is 13.5 Å². The first-order valence-corrected chi connectivity index (χ1v) is 7.40. The van der Waals surface area contributed by atoms with Gasteiger partial charge in [0.25, 0.3) is 0 Å². The highest BCUT2D eigenvalue weighted by Crippen LogP contribution is 2.16. The van der Waals surface area contributed by atoms with E-state index in [-0.39, 0.29) is 11.5 Å². The minimum atomic E-state index is -3.45. The van der Waals surface area contributed by atoms with Crippen molar-refractivity contribution in [3.8, 4) is 5.75 Å². The van der Waals surface area contributed by atoms with Crippen molar-refractivity contribution in [3.63, 3.8) is 0 Å².